The number of carbonyl (C=O) groups excluding carboxylic acids is 2. The smallest absolute Gasteiger partial charge is 0.249 e. The average molecular weight is 370 g/mol. The highest BCUT2D eigenvalue weighted by molar-refractivity contribution is 7.09. The summed E-state index contributed by atoms with van der Waals surface area (Å²) in [6.07, 6.45) is 1.69. The molecule has 0 radical (unpaired) electrons. The van der Waals surface area contributed by atoms with Gasteiger partial charge >= 0.3 is 0 Å². The first-order valence-corrected chi connectivity index (χ1v) is 9.40. The van der Waals surface area contributed by atoms with Gasteiger partial charge in [-0.2, -0.15) is 0 Å². The van der Waals surface area contributed by atoms with Crippen molar-refractivity contribution in [2.45, 2.75) is 56.7 Å². The van der Waals surface area contributed by atoms with E-state index in [2.05, 4.69) is 0 Å². The standard InChI is InChI=1S/C17H26N2O5S/c18-15(21)11-5-7-17(23,8-6-11)14(16(22)19-24)10-12(20)3-4-13-2-1-9-25-13/h1-2,9,11-12,14,20,23-24H,3-8,10H2,(H2,18,21)(H,19,22). The Bertz CT molecular complexity index is 570. The van der Waals surface area contributed by atoms with Crippen molar-refractivity contribution < 1.29 is 25.0 Å². The van der Waals surface area contributed by atoms with Gasteiger partial charge in [-0.1, -0.05) is 6.07 Å². The second-order valence-corrected chi connectivity index (χ2v) is 7.85. The molecule has 140 valence electrons. The molecule has 7 nitrogen and oxygen atoms in total. The summed E-state index contributed by atoms with van der Waals surface area (Å²) < 4.78 is 0. The summed E-state index contributed by atoms with van der Waals surface area (Å²) in [6, 6.07) is 3.92. The van der Waals surface area contributed by atoms with Gasteiger partial charge in [-0.3, -0.25) is 14.8 Å². The van der Waals surface area contributed by atoms with Gasteiger partial charge in [0.15, 0.2) is 0 Å². The summed E-state index contributed by atoms with van der Waals surface area (Å²) in [5.74, 6) is -2.36. The molecule has 0 aromatic carbocycles. The van der Waals surface area contributed by atoms with E-state index in [-0.39, 0.29) is 25.2 Å². The number of primary amides is 1. The van der Waals surface area contributed by atoms with Gasteiger partial charge in [-0.15, -0.1) is 11.3 Å². The minimum Gasteiger partial charge on any atom is -0.393 e. The highest BCUT2D eigenvalue weighted by atomic mass is 32.1. The number of hydrogen-bond donors (Lipinski definition) is 5. The molecule has 0 spiro atoms. The first kappa shape index (κ1) is 19.8. The van der Waals surface area contributed by atoms with Crippen LogP contribution in [0.15, 0.2) is 17.5 Å². The molecular formula is C17H26N2O5S. The number of carbonyl (C=O) groups is 2. The van der Waals surface area contributed by atoms with Crippen molar-refractivity contribution in [3.63, 3.8) is 0 Å². The van der Waals surface area contributed by atoms with Crippen molar-refractivity contribution in [2.24, 2.45) is 17.6 Å². The van der Waals surface area contributed by atoms with Crippen LogP contribution in [0.25, 0.3) is 0 Å². The lowest BCUT2D eigenvalue weighted by Gasteiger charge is -2.40. The molecule has 1 saturated carbocycles. The van der Waals surface area contributed by atoms with Gasteiger partial charge in [0.1, 0.15) is 0 Å². The lowest BCUT2D eigenvalue weighted by atomic mass is 9.70. The van der Waals surface area contributed by atoms with Crippen LogP contribution in [-0.2, 0) is 16.0 Å². The number of nitrogens with two attached hydrogens (primary N) is 1. The van der Waals surface area contributed by atoms with E-state index in [0.29, 0.717) is 25.7 Å². The first-order valence-electron chi connectivity index (χ1n) is 8.52. The summed E-state index contributed by atoms with van der Waals surface area (Å²) in [5.41, 5.74) is 5.54. The van der Waals surface area contributed by atoms with Crippen LogP contribution in [0.4, 0.5) is 0 Å². The number of hydrogen-bond acceptors (Lipinski definition) is 6. The Labute approximate surface area is 150 Å². The van der Waals surface area contributed by atoms with E-state index in [0.717, 1.165) is 4.88 Å². The van der Waals surface area contributed by atoms with Crippen molar-refractivity contribution in [1.82, 2.24) is 5.48 Å². The molecule has 1 aliphatic carbocycles. The minimum atomic E-state index is -1.36. The third-order valence-corrected chi connectivity index (χ3v) is 6.08. The fraction of sp³-hybridized carbons (Fsp3) is 0.647. The molecule has 1 aromatic rings. The summed E-state index contributed by atoms with van der Waals surface area (Å²) in [5, 5.41) is 32.2. The fourth-order valence-electron chi connectivity index (χ4n) is 3.55. The van der Waals surface area contributed by atoms with Crippen molar-refractivity contribution in [1.29, 1.82) is 0 Å². The highest BCUT2D eigenvalue weighted by Gasteiger charge is 2.45. The summed E-state index contributed by atoms with van der Waals surface area (Å²) in [6.45, 7) is 0. The van der Waals surface area contributed by atoms with Crippen LogP contribution in [0.1, 0.15) is 43.4 Å². The summed E-state index contributed by atoms with van der Waals surface area (Å²) in [7, 11) is 0. The number of aliphatic hydroxyl groups excluding tert-OH is 1. The minimum absolute atomic E-state index is 0.0511. The van der Waals surface area contributed by atoms with Gasteiger partial charge in [0, 0.05) is 10.8 Å². The molecule has 2 atom stereocenters. The van der Waals surface area contributed by atoms with Gasteiger partial charge in [0.05, 0.1) is 17.6 Å². The second-order valence-electron chi connectivity index (χ2n) is 6.82. The fourth-order valence-corrected chi connectivity index (χ4v) is 4.28. The van der Waals surface area contributed by atoms with Gasteiger partial charge in [0.2, 0.25) is 11.8 Å². The van der Waals surface area contributed by atoms with Crippen LogP contribution in [0.2, 0.25) is 0 Å². The Morgan fingerprint density at radius 2 is 2.08 bits per heavy atom. The first-order chi connectivity index (χ1) is 11.9. The molecule has 2 rings (SSSR count). The van der Waals surface area contributed by atoms with Crippen LogP contribution >= 0.6 is 11.3 Å². The zero-order chi connectivity index (χ0) is 18.4. The molecular weight excluding hydrogens is 344 g/mol. The normalized spacial score (nSPS) is 26.0. The maximum atomic E-state index is 12.1. The number of aliphatic hydroxyl groups is 2. The van der Waals surface area contributed by atoms with E-state index in [4.69, 9.17) is 10.9 Å². The predicted octanol–water partition coefficient (Wildman–Crippen LogP) is 0.960. The molecule has 0 saturated heterocycles. The zero-order valence-electron chi connectivity index (χ0n) is 14.1. The van der Waals surface area contributed by atoms with E-state index in [1.807, 2.05) is 17.5 Å². The Morgan fingerprint density at radius 3 is 2.60 bits per heavy atom. The number of rotatable bonds is 8. The SMILES string of the molecule is NC(=O)C1CCC(O)(C(CC(O)CCc2cccs2)C(=O)NO)CC1. The molecule has 0 bridgehead atoms. The number of hydroxylamine groups is 1. The molecule has 8 heteroatoms. The molecule has 2 unspecified atom stereocenters. The topological polar surface area (TPSA) is 133 Å². The molecule has 25 heavy (non-hydrogen) atoms. The molecule has 6 N–H and O–H groups in total. The lowest BCUT2D eigenvalue weighted by molar-refractivity contribution is -0.150. The maximum Gasteiger partial charge on any atom is 0.249 e. The molecule has 1 aromatic heterocycles. The monoisotopic (exact) mass is 370 g/mol. The zero-order valence-corrected chi connectivity index (χ0v) is 14.9. The Morgan fingerprint density at radius 1 is 1.40 bits per heavy atom. The van der Waals surface area contributed by atoms with Crippen LogP contribution in [0.3, 0.4) is 0 Å². The Hall–Kier alpha value is -1.48. The molecule has 1 heterocycles. The number of amides is 2. The van der Waals surface area contributed by atoms with Crippen molar-refractivity contribution in [3.05, 3.63) is 22.4 Å². The summed E-state index contributed by atoms with van der Waals surface area (Å²) >= 11 is 1.60. The quantitative estimate of drug-likeness (QED) is 0.343. The Balaban J connectivity index is 1.98. The van der Waals surface area contributed by atoms with E-state index >= 15 is 0 Å². The van der Waals surface area contributed by atoms with Crippen molar-refractivity contribution >= 4 is 23.2 Å². The van der Waals surface area contributed by atoms with E-state index in [1.165, 1.54) is 0 Å². The molecule has 1 aliphatic rings. The number of aryl methyl sites for hydroxylation is 1. The maximum absolute atomic E-state index is 12.1. The van der Waals surface area contributed by atoms with E-state index < -0.39 is 29.4 Å². The average Bonchev–Trinajstić information content (AvgIpc) is 3.11. The van der Waals surface area contributed by atoms with E-state index in [9.17, 15) is 19.8 Å². The van der Waals surface area contributed by atoms with Crippen molar-refractivity contribution in [2.75, 3.05) is 0 Å². The van der Waals surface area contributed by atoms with Crippen LogP contribution in [-0.4, -0.2) is 38.9 Å². The number of nitrogens with one attached hydrogen (secondary N) is 1. The van der Waals surface area contributed by atoms with Gasteiger partial charge < -0.3 is 15.9 Å². The van der Waals surface area contributed by atoms with Gasteiger partial charge in [0.25, 0.3) is 0 Å². The van der Waals surface area contributed by atoms with E-state index in [1.54, 1.807) is 16.8 Å². The second kappa shape index (κ2) is 8.75. The van der Waals surface area contributed by atoms with Gasteiger partial charge in [-0.25, -0.2) is 5.48 Å². The van der Waals surface area contributed by atoms with Gasteiger partial charge in [-0.05, 0) is 56.4 Å². The molecule has 2 amide bonds. The largest absolute Gasteiger partial charge is 0.393 e. The summed E-state index contributed by atoms with van der Waals surface area (Å²) in [4.78, 5) is 24.5. The Kier molecular flexibility index (Phi) is 6.95. The molecule has 0 aliphatic heterocycles. The third kappa shape index (κ3) is 5.24. The number of thiophene rings is 1. The third-order valence-electron chi connectivity index (χ3n) is 5.14. The predicted molar refractivity (Wildman–Crippen MR) is 92.8 cm³/mol. The lowest BCUT2D eigenvalue weighted by Crippen LogP contribution is -2.50. The highest BCUT2D eigenvalue weighted by Crippen LogP contribution is 2.39. The van der Waals surface area contributed by atoms with Crippen LogP contribution in [0, 0.1) is 11.8 Å². The van der Waals surface area contributed by atoms with Crippen molar-refractivity contribution in [3.8, 4) is 0 Å². The van der Waals surface area contributed by atoms with Crippen LogP contribution in [0.5, 0.6) is 0 Å². The van der Waals surface area contributed by atoms with Crippen LogP contribution < -0.4 is 11.2 Å². The molecule has 1 fully saturated rings.